The van der Waals surface area contributed by atoms with Crippen LogP contribution in [0.2, 0.25) is 0 Å². The molecule has 3 aromatic rings. The Morgan fingerprint density at radius 2 is 1.64 bits per heavy atom. The Morgan fingerprint density at radius 3 is 2.38 bits per heavy atom. The molecule has 0 aromatic heterocycles. The Labute approximate surface area is 271 Å². The molecule has 0 radical (unpaired) electrons. The number of hydrogen-bond acceptors (Lipinski definition) is 4. The van der Waals surface area contributed by atoms with Gasteiger partial charge in [-0.25, -0.2) is 4.39 Å². The van der Waals surface area contributed by atoms with E-state index in [0.717, 1.165) is 62.1 Å². The first-order valence-electron chi connectivity index (χ1n) is 17.2. The van der Waals surface area contributed by atoms with Gasteiger partial charge in [-0.15, -0.1) is 0 Å². The van der Waals surface area contributed by atoms with Crippen LogP contribution in [-0.2, 0) is 25.7 Å². The topological polar surface area (TPSA) is 30.9 Å². The number of methoxy groups -OCH3 is 2. The highest BCUT2D eigenvalue weighted by Gasteiger charge is 2.41. The van der Waals surface area contributed by atoms with Crippen LogP contribution in [0.15, 0.2) is 54.6 Å². The Balaban J connectivity index is 1.24. The number of fused-ring (bicyclic) bond motifs is 1. The van der Waals surface area contributed by atoms with E-state index < -0.39 is 0 Å². The molecular formula is C40H54FNO3. The fraction of sp³-hybridized carbons (Fsp3) is 0.550. The number of nitrogens with zero attached hydrogens (tertiary/aromatic N) is 1. The Hall–Kier alpha value is -3.05. The van der Waals surface area contributed by atoms with Crippen LogP contribution < -0.4 is 14.2 Å². The molecule has 5 rings (SSSR count). The summed E-state index contributed by atoms with van der Waals surface area (Å²) in [6.45, 7) is 11.0. The zero-order chi connectivity index (χ0) is 32.0. The van der Waals surface area contributed by atoms with E-state index in [4.69, 9.17) is 14.2 Å². The van der Waals surface area contributed by atoms with Crippen LogP contribution in [0, 0.1) is 11.7 Å². The van der Waals surface area contributed by atoms with Crippen molar-refractivity contribution >= 4 is 0 Å². The number of likely N-dealkylation sites (tertiary alicyclic amines) is 1. The number of ether oxygens (including phenoxy) is 3. The molecule has 0 spiro atoms. The molecular weight excluding hydrogens is 561 g/mol. The second-order valence-electron chi connectivity index (χ2n) is 13.9. The Morgan fingerprint density at radius 1 is 0.867 bits per heavy atom. The summed E-state index contributed by atoms with van der Waals surface area (Å²) in [6, 6.07) is 19.0. The first-order chi connectivity index (χ1) is 21.7. The quantitative estimate of drug-likeness (QED) is 0.203. The molecule has 3 aromatic carbocycles. The van der Waals surface area contributed by atoms with E-state index in [9.17, 15) is 0 Å². The van der Waals surface area contributed by atoms with Crippen molar-refractivity contribution in [1.29, 1.82) is 0 Å². The summed E-state index contributed by atoms with van der Waals surface area (Å²) in [4.78, 5) is 2.70. The maximum Gasteiger partial charge on any atom is 0.165 e. The maximum atomic E-state index is 15.4. The lowest BCUT2D eigenvalue weighted by molar-refractivity contribution is 0.000885. The predicted octanol–water partition coefficient (Wildman–Crippen LogP) is 9.35. The molecule has 1 aliphatic carbocycles. The van der Waals surface area contributed by atoms with Crippen molar-refractivity contribution in [3.63, 3.8) is 0 Å². The third-order valence-corrected chi connectivity index (χ3v) is 10.7. The average Bonchev–Trinajstić information content (AvgIpc) is 3.27. The number of halogens is 1. The normalized spacial score (nSPS) is 20.6. The second kappa shape index (κ2) is 15.0. The molecule has 1 fully saturated rings. The summed E-state index contributed by atoms with van der Waals surface area (Å²) < 4.78 is 32.6. The summed E-state index contributed by atoms with van der Waals surface area (Å²) >= 11 is 0. The van der Waals surface area contributed by atoms with Gasteiger partial charge in [-0.05, 0) is 141 Å². The second-order valence-corrected chi connectivity index (χ2v) is 13.9. The van der Waals surface area contributed by atoms with Crippen molar-refractivity contribution in [3.05, 3.63) is 88.2 Å². The zero-order valence-corrected chi connectivity index (χ0v) is 28.5. The Bertz CT molecular complexity index is 1420. The standard InChI is InChI=1S/C40H54FNO3/c1-28(2)40(20-8-7-9-22-42(40)29(3)4)21-23-45-39-19-11-30(24-38(39)41)10-12-34-27-36(44-6)17-18-37(34)33-14-13-32-26-35(43-5)16-15-31(32)25-33/h11,15-19,24,26-29,33H,7-10,12-14,20-23,25H2,1-6H3. The third-order valence-electron chi connectivity index (χ3n) is 10.7. The van der Waals surface area contributed by atoms with Crippen LogP contribution in [-0.4, -0.2) is 43.9 Å². The number of rotatable bonds is 12. The molecule has 0 bridgehead atoms. The molecule has 1 heterocycles. The molecule has 1 saturated heterocycles. The molecule has 0 amide bonds. The highest BCUT2D eigenvalue weighted by atomic mass is 19.1. The van der Waals surface area contributed by atoms with Gasteiger partial charge in [-0.3, -0.25) is 4.90 Å². The van der Waals surface area contributed by atoms with Crippen LogP contribution in [0.25, 0.3) is 0 Å². The van der Waals surface area contributed by atoms with Crippen molar-refractivity contribution in [2.75, 3.05) is 27.4 Å². The van der Waals surface area contributed by atoms with E-state index in [2.05, 4.69) is 69.0 Å². The molecule has 1 aliphatic heterocycles. The van der Waals surface area contributed by atoms with Gasteiger partial charge < -0.3 is 14.2 Å². The minimum atomic E-state index is -0.266. The smallest absolute Gasteiger partial charge is 0.165 e. The molecule has 45 heavy (non-hydrogen) atoms. The van der Waals surface area contributed by atoms with Crippen molar-refractivity contribution in [3.8, 4) is 17.2 Å². The van der Waals surface area contributed by atoms with Gasteiger partial charge in [0, 0.05) is 18.0 Å². The highest BCUT2D eigenvalue weighted by molar-refractivity contribution is 5.43. The van der Waals surface area contributed by atoms with Crippen LogP contribution in [0.1, 0.15) is 100.0 Å². The van der Waals surface area contributed by atoms with E-state index in [0.29, 0.717) is 30.2 Å². The fourth-order valence-corrected chi connectivity index (χ4v) is 8.09. The minimum absolute atomic E-state index is 0.100. The van der Waals surface area contributed by atoms with Crippen molar-refractivity contribution in [2.24, 2.45) is 5.92 Å². The summed E-state index contributed by atoms with van der Waals surface area (Å²) in [7, 11) is 3.45. The summed E-state index contributed by atoms with van der Waals surface area (Å²) in [6.07, 6.45) is 10.7. The van der Waals surface area contributed by atoms with E-state index in [1.807, 2.05) is 12.1 Å². The molecule has 2 unspecified atom stereocenters. The molecule has 4 nitrogen and oxygen atoms in total. The monoisotopic (exact) mass is 615 g/mol. The van der Waals surface area contributed by atoms with E-state index in [1.54, 1.807) is 20.3 Å². The summed E-state index contributed by atoms with van der Waals surface area (Å²) in [5, 5.41) is 0. The molecule has 2 aliphatic rings. The van der Waals surface area contributed by atoms with Gasteiger partial charge >= 0.3 is 0 Å². The van der Waals surface area contributed by atoms with Gasteiger partial charge in [0.15, 0.2) is 11.6 Å². The predicted molar refractivity (Wildman–Crippen MR) is 183 cm³/mol. The van der Waals surface area contributed by atoms with Gasteiger partial charge in [0.1, 0.15) is 11.5 Å². The fourth-order valence-electron chi connectivity index (χ4n) is 8.09. The molecule has 0 saturated carbocycles. The summed E-state index contributed by atoms with van der Waals surface area (Å²) in [5.74, 6) is 2.86. The lowest BCUT2D eigenvalue weighted by atomic mass is 9.77. The summed E-state index contributed by atoms with van der Waals surface area (Å²) in [5.41, 5.74) is 6.55. The van der Waals surface area contributed by atoms with Gasteiger partial charge in [0.2, 0.25) is 0 Å². The first kappa shape index (κ1) is 33.3. The number of hydrogen-bond donors (Lipinski definition) is 0. The first-order valence-corrected chi connectivity index (χ1v) is 17.2. The lowest BCUT2D eigenvalue weighted by Gasteiger charge is -2.48. The molecule has 2 atom stereocenters. The van der Waals surface area contributed by atoms with Crippen LogP contribution >= 0.6 is 0 Å². The van der Waals surface area contributed by atoms with Crippen molar-refractivity contribution in [1.82, 2.24) is 4.90 Å². The number of benzene rings is 3. The van der Waals surface area contributed by atoms with Crippen molar-refractivity contribution < 1.29 is 18.6 Å². The maximum absolute atomic E-state index is 15.4. The molecule has 0 N–H and O–H groups in total. The van der Waals surface area contributed by atoms with Gasteiger partial charge in [-0.2, -0.15) is 0 Å². The van der Waals surface area contributed by atoms with Crippen molar-refractivity contribution in [2.45, 2.75) is 109 Å². The molecule has 5 heteroatoms. The van der Waals surface area contributed by atoms with Gasteiger partial charge in [0.25, 0.3) is 0 Å². The highest BCUT2D eigenvalue weighted by Crippen LogP contribution is 2.39. The van der Waals surface area contributed by atoms with Crippen LogP contribution in [0.3, 0.4) is 0 Å². The SMILES string of the molecule is COc1ccc2c(c1)CCC(c1ccc(OC)cc1CCc1ccc(OCCC3(C(C)C)CCCCCN3C(C)C)c(F)c1)C2. The largest absolute Gasteiger partial charge is 0.497 e. The molecule has 244 valence electrons. The minimum Gasteiger partial charge on any atom is -0.497 e. The van der Waals surface area contributed by atoms with Crippen LogP contribution in [0.5, 0.6) is 17.2 Å². The zero-order valence-electron chi connectivity index (χ0n) is 28.5. The van der Waals surface area contributed by atoms with Gasteiger partial charge in [-0.1, -0.05) is 44.9 Å². The van der Waals surface area contributed by atoms with Gasteiger partial charge in [0.05, 0.1) is 20.8 Å². The average molecular weight is 616 g/mol. The van der Waals surface area contributed by atoms with E-state index in [1.165, 1.54) is 47.9 Å². The third kappa shape index (κ3) is 7.68. The number of aryl methyl sites for hydroxylation is 3. The van der Waals surface area contributed by atoms with Crippen LogP contribution in [0.4, 0.5) is 4.39 Å². The van der Waals surface area contributed by atoms with E-state index in [-0.39, 0.29) is 11.4 Å². The lowest BCUT2D eigenvalue weighted by Crippen LogP contribution is -2.55. The van der Waals surface area contributed by atoms with E-state index >= 15 is 4.39 Å². The Kier molecular flexibility index (Phi) is 11.1.